The number of nitrogens with zero attached hydrogens (tertiary/aromatic N) is 1. The van der Waals surface area contributed by atoms with Crippen molar-refractivity contribution in [2.75, 3.05) is 13.7 Å². The maximum Gasteiger partial charge on any atom is 0.261 e. The van der Waals surface area contributed by atoms with Gasteiger partial charge in [-0.05, 0) is 37.3 Å². The van der Waals surface area contributed by atoms with E-state index in [1.807, 2.05) is 31.2 Å². The summed E-state index contributed by atoms with van der Waals surface area (Å²) in [6.45, 7) is 1.62. The number of carbonyl (C=O) groups excluding carboxylic acids is 1. The van der Waals surface area contributed by atoms with Crippen molar-refractivity contribution in [3.63, 3.8) is 0 Å². The Bertz CT molecular complexity index is 747. The molecule has 0 aliphatic carbocycles. The number of para-hydroxylation sites is 1. The van der Waals surface area contributed by atoms with Crippen LogP contribution in [0.1, 0.15) is 24.1 Å². The molecule has 2 rings (SSSR count). The van der Waals surface area contributed by atoms with E-state index in [4.69, 9.17) is 26.9 Å². The highest BCUT2D eigenvalue weighted by molar-refractivity contribution is 6.30. The van der Waals surface area contributed by atoms with Crippen LogP contribution in [0.25, 0.3) is 0 Å². The zero-order valence-electron chi connectivity index (χ0n) is 14.0. The number of benzene rings is 2. The van der Waals surface area contributed by atoms with Crippen molar-refractivity contribution in [3.05, 3.63) is 64.7 Å². The molecule has 1 atom stereocenters. The van der Waals surface area contributed by atoms with Gasteiger partial charge in [0.2, 0.25) is 0 Å². The van der Waals surface area contributed by atoms with Gasteiger partial charge in [-0.15, -0.1) is 0 Å². The van der Waals surface area contributed by atoms with Gasteiger partial charge in [0.25, 0.3) is 5.91 Å². The Balaban J connectivity index is 1.88. The van der Waals surface area contributed by atoms with Crippen molar-refractivity contribution in [2.45, 2.75) is 13.0 Å². The molecule has 0 aliphatic rings. The molecule has 0 bridgehead atoms. The van der Waals surface area contributed by atoms with Gasteiger partial charge < -0.3 is 20.6 Å². The molecule has 0 heterocycles. The van der Waals surface area contributed by atoms with E-state index < -0.39 is 0 Å². The number of hydrogen-bond donors (Lipinski definition) is 2. The highest BCUT2D eigenvalue weighted by Crippen LogP contribution is 2.24. The van der Waals surface area contributed by atoms with Crippen molar-refractivity contribution in [1.29, 1.82) is 0 Å². The smallest absolute Gasteiger partial charge is 0.261 e. The number of rotatable bonds is 7. The van der Waals surface area contributed by atoms with E-state index in [-0.39, 0.29) is 24.4 Å². The Morgan fingerprint density at radius 2 is 1.92 bits per heavy atom. The molecule has 0 aliphatic heterocycles. The molecule has 6 nitrogen and oxygen atoms in total. The van der Waals surface area contributed by atoms with Gasteiger partial charge in [0.15, 0.2) is 12.4 Å². The average Bonchev–Trinajstić information content (AvgIpc) is 2.62. The third-order valence-electron chi connectivity index (χ3n) is 3.48. The van der Waals surface area contributed by atoms with Crippen LogP contribution in [-0.2, 0) is 9.63 Å². The second-order valence-corrected chi connectivity index (χ2v) is 5.72. The maximum absolute atomic E-state index is 12.0. The molecule has 2 aromatic carbocycles. The number of hydrogen-bond acceptors (Lipinski definition) is 4. The number of nitrogens with two attached hydrogens (primary N) is 1. The molecule has 0 aromatic heterocycles. The molecule has 3 N–H and O–H groups in total. The van der Waals surface area contributed by atoms with Crippen molar-refractivity contribution in [3.8, 4) is 5.75 Å². The topological polar surface area (TPSA) is 85.9 Å². The number of methoxy groups -OCH3 is 1. The lowest BCUT2D eigenvalue weighted by atomic mass is 10.1. The van der Waals surface area contributed by atoms with Gasteiger partial charge in [-0.3, -0.25) is 4.79 Å². The highest BCUT2D eigenvalue weighted by Gasteiger charge is 2.13. The van der Waals surface area contributed by atoms with Gasteiger partial charge in [0.05, 0.1) is 13.2 Å². The molecule has 132 valence electrons. The van der Waals surface area contributed by atoms with E-state index in [2.05, 4.69) is 10.5 Å². The van der Waals surface area contributed by atoms with Crippen LogP contribution in [0.4, 0.5) is 0 Å². The number of ether oxygens (including phenoxy) is 1. The Hall–Kier alpha value is -2.73. The summed E-state index contributed by atoms with van der Waals surface area (Å²) in [6.07, 6.45) is 0. The first kappa shape index (κ1) is 18.6. The zero-order chi connectivity index (χ0) is 18.2. The largest absolute Gasteiger partial charge is 0.496 e. The fourth-order valence-corrected chi connectivity index (χ4v) is 2.34. The van der Waals surface area contributed by atoms with Gasteiger partial charge in [-0.25, -0.2) is 0 Å². The molecule has 25 heavy (non-hydrogen) atoms. The zero-order valence-corrected chi connectivity index (χ0v) is 14.8. The molecule has 0 radical (unpaired) electrons. The summed E-state index contributed by atoms with van der Waals surface area (Å²) >= 11 is 5.81. The predicted molar refractivity (Wildman–Crippen MR) is 97.7 cm³/mol. The molecule has 1 unspecified atom stereocenters. The second-order valence-electron chi connectivity index (χ2n) is 5.29. The SMILES string of the molecule is COc1ccccc1C(C)NC(=O)CO/N=C(\N)c1ccc(Cl)cc1. The molecule has 0 saturated heterocycles. The average molecular weight is 362 g/mol. The Labute approximate surface area is 151 Å². The third kappa shape index (κ3) is 5.39. The van der Waals surface area contributed by atoms with Crippen LogP contribution in [0.5, 0.6) is 5.75 Å². The van der Waals surface area contributed by atoms with Gasteiger partial charge in [0, 0.05) is 16.1 Å². The van der Waals surface area contributed by atoms with E-state index in [0.717, 1.165) is 5.56 Å². The van der Waals surface area contributed by atoms with Crippen LogP contribution in [0.3, 0.4) is 0 Å². The Morgan fingerprint density at radius 1 is 1.24 bits per heavy atom. The fraction of sp³-hybridized carbons (Fsp3) is 0.222. The standard InChI is InChI=1S/C18H20ClN3O3/c1-12(15-5-3-4-6-16(15)24-2)21-17(23)11-25-22-18(20)13-7-9-14(19)10-8-13/h3-10,12H,11H2,1-2H3,(H2,20,22)(H,21,23). The van der Waals surface area contributed by atoms with Crippen LogP contribution in [-0.4, -0.2) is 25.5 Å². The number of halogens is 1. The van der Waals surface area contributed by atoms with E-state index >= 15 is 0 Å². The van der Waals surface area contributed by atoms with Gasteiger partial charge in [-0.2, -0.15) is 0 Å². The quantitative estimate of drug-likeness (QED) is 0.451. The lowest BCUT2D eigenvalue weighted by Gasteiger charge is -2.16. The van der Waals surface area contributed by atoms with E-state index in [0.29, 0.717) is 16.3 Å². The lowest BCUT2D eigenvalue weighted by Crippen LogP contribution is -2.30. The van der Waals surface area contributed by atoms with E-state index in [9.17, 15) is 4.79 Å². The summed E-state index contributed by atoms with van der Waals surface area (Å²) in [5.74, 6) is 0.564. The number of amides is 1. The van der Waals surface area contributed by atoms with Crippen LogP contribution in [0, 0.1) is 0 Å². The van der Waals surface area contributed by atoms with Gasteiger partial charge >= 0.3 is 0 Å². The number of carbonyl (C=O) groups is 1. The first-order valence-corrected chi connectivity index (χ1v) is 8.02. The first-order chi connectivity index (χ1) is 12.0. The molecule has 2 aromatic rings. The van der Waals surface area contributed by atoms with Crippen LogP contribution in [0.2, 0.25) is 5.02 Å². The minimum Gasteiger partial charge on any atom is -0.496 e. The molecule has 7 heteroatoms. The van der Waals surface area contributed by atoms with E-state index in [1.54, 1.807) is 31.4 Å². The highest BCUT2D eigenvalue weighted by atomic mass is 35.5. The summed E-state index contributed by atoms with van der Waals surface area (Å²) < 4.78 is 5.29. The number of amidine groups is 1. The molecule has 0 fully saturated rings. The van der Waals surface area contributed by atoms with Crippen molar-refractivity contribution in [2.24, 2.45) is 10.9 Å². The van der Waals surface area contributed by atoms with Crippen LogP contribution < -0.4 is 15.8 Å². The monoisotopic (exact) mass is 361 g/mol. The Morgan fingerprint density at radius 3 is 2.60 bits per heavy atom. The second kappa shape index (κ2) is 8.94. The molecule has 0 spiro atoms. The molecule has 1 amide bonds. The van der Waals surface area contributed by atoms with Gasteiger partial charge in [0.1, 0.15) is 5.75 Å². The minimum absolute atomic E-state index is 0.169. The summed E-state index contributed by atoms with van der Waals surface area (Å²) in [6, 6.07) is 14.1. The summed E-state index contributed by atoms with van der Waals surface area (Å²) in [5, 5.41) is 7.16. The predicted octanol–water partition coefficient (Wildman–Crippen LogP) is 2.86. The number of oxime groups is 1. The fourth-order valence-electron chi connectivity index (χ4n) is 2.22. The normalized spacial score (nSPS) is 12.4. The van der Waals surface area contributed by atoms with Gasteiger partial charge in [-0.1, -0.05) is 35.0 Å². The van der Waals surface area contributed by atoms with E-state index in [1.165, 1.54) is 0 Å². The molecular weight excluding hydrogens is 342 g/mol. The molecule has 0 saturated carbocycles. The minimum atomic E-state index is -0.314. The van der Waals surface area contributed by atoms with Crippen molar-refractivity contribution >= 4 is 23.3 Å². The third-order valence-corrected chi connectivity index (χ3v) is 3.73. The first-order valence-electron chi connectivity index (χ1n) is 7.65. The van der Waals surface area contributed by atoms with Crippen molar-refractivity contribution < 1.29 is 14.4 Å². The lowest BCUT2D eigenvalue weighted by molar-refractivity contribution is -0.126. The molecular formula is C18H20ClN3O3. The van der Waals surface area contributed by atoms with Crippen LogP contribution >= 0.6 is 11.6 Å². The summed E-state index contributed by atoms with van der Waals surface area (Å²) in [7, 11) is 1.59. The number of nitrogens with one attached hydrogen (secondary N) is 1. The summed E-state index contributed by atoms with van der Waals surface area (Å²) in [4.78, 5) is 17.0. The summed E-state index contributed by atoms with van der Waals surface area (Å²) in [5.41, 5.74) is 7.33. The van der Waals surface area contributed by atoms with Crippen LogP contribution in [0.15, 0.2) is 53.7 Å². The van der Waals surface area contributed by atoms with Crippen molar-refractivity contribution in [1.82, 2.24) is 5.32 Å². The maximum atomic E-state index is 12.0. The Kier molecular flexibility index (Phi) is 6.65.